The van der Waals surface area contributed by atoms with Crippen LogP contribution in [0.3, 0.4) is 0 Å². The van der Waals surface area contributed by atoms with Crippen LogP contribution in [0, 0.1) is 0 Å². The van der Waals surface area contributed by atoms with Gasteiger partial charge >= 0.3 is 6.36 Å². The minimum absolute atomic E-state index is 0.0216. The van der Waals surface area contributed by atoms with Crippen LogP contribution in [0.2, 0.25) is 0 Å². The Morgan fingerprint density at radius 1 is 1.36 bits per heavy atom. The number of anilines is 1. The quantitative estimate of drug-likeness (QED) is 0.683. The molecule has 0 bridgehead atoms. The SMILES string of the molecule is O=C1CCN[C@@H](C(=O)NCC(=O)Nc2nc3ccc(OC(F)(F)F)cc3s2)C1. The van der Waals surface area contributed by atoms with Crippen molar-refractivity contribution >= 4 is 44.3 Å². The number of ether oxygens (including phenoxy) is 1. The number of aromatic nitrogens is 1. The zero-order chi connectivity index (χ0) is 20.3. The van der Waals surface area contributed by atoms with Crippen LogP contribution in [0.1, 0.15) is 12.8 Å². The third-order valence-corrected chi connectivity index (χ3v) is 4.74. The summed E-state index contributed by atoms with van der Waals surface area (Å²) in [4.78, 5) is 39.4. The average molecular weight is 416 g/mol. The number of ketones is 1. The first kappa shape index (κ1) is 20.0. The van der Waals surface area contributed by atoms with Crippen LogP contribution in [0.5, 0.6) is 5.75 Å². The van der Waals surface area contributed by atoms with Gasteiger partial charge in [0, 0.05) is 25.5 Å². The molecule has 3 rings (SSSR count). The van der Waals surface area contributed by atoms with Crippen molar-refractivity contribution in [1.29, 1.82) is 0 Å². The highest BCUT2D eigenvalue weighted by molar-refractivity contribution is 7.22. The molecule has 2 heterocycles. The molecule has 1 atom stereocenters. The van der Waals surface area contributed by atoms with E-state index in [1.165, 1.54) is 12.1 Å². The molecule has 0 saturated carbocycles. The number of nitrogens with zero attached hydrogens (tertiary/aromatic N) is 1. The fourth-order valence-corrected chi connectivity index (χ4v) is 3.49. The molecule has 1 saturated heterocycles. The summed E-state index contributed by atoms with van der Waals surface area (Å²) in [5, 5.41) is 7.96. The van der Waals surface area contributed by atoms with Gasteiger partial charge in [-0.25, -0.2) is 4.98 Å². The number of amides is 2. The van der Waals surface area contributed by atoms with E-state index >= 15 is 0 Å². The molecule has 8 nitrogen and oxygen atoms in total. The van der Waals surface area contributed by atoms with Gasteiger partial charge in [-0.15, -0.1) is 13.2 Å². The molecule has 1 fully saturated rings. The summed E-state index contributed by atoms with van der Waals surface area (Å²) in [6.07, 6.45) is -4.35. The highest BCUT2D eigenvalue weighted by Gasteiger charge is 2.31. The zero-order valence-corrected chi connectivity index (χ0v) is 15.1. The van der Waals surface area contributed by atoms with Gasteiger partial charge in [-0.1, -0.05) is 11.3 Å². The number of alkyl halides is 3. The third kappa shape index (κ3) is 5.39. The Morgan fingerprint density at radius 3 is 2.86 bits per heavy atom. The summed E-state index contributed by atoms with van der Waals surface area (Å²) in [5.74, 6) is -1.42. The van der Waals surface area contributed by atoms with Crippen molar-refractivity contribution < 1.29 is 32.3 Å². The molecule has 0 radical (unpaired) electrons. The molecule has 2 aromatic rings. The molecule has 12 heteroatoms. The molecule has 28 heavy (non-hydrogen) atoms. The minimum Gasteiger partial charge on any atom is -0.406 e. The number of nitrogens with one attached hydrogen (secondary N) is 3. The second-order valence-corrected chi connectivity index (χ2v) is 6.99. The number of carbonyl (C=O) groups is 3. The Kier molecular flexibility index (Phi) is 5.79. The normalized spacial score (nSPS) is 17.4. The lowest BCUT2D eigenvalue weighted by Gasteiger charge is -2.21. The predicted molar refractivity (Wildman–Crippen MR) is 94.0 cm³/mol. The van der Waals surface area contributed by atoms with E-state index in [0.29, 0.717) is 23.2 Å². The van der Waals surface area contributed by atoms with Crippen LogP contribution >= 0.6 is 11.3 Å². The van der Waals surface area contributed by atoms with Crippen molar-refractivity contribution in [3.63, 3.8) is 0 Å². The first-order chi connectivity index (χ1) is 13.2. The van der Waals surface area contributed by atoms with Gasteiger partial charge < -0.3 is 20.7 Å². The van der Waals surface area contributed by atoms with Crippen LogP contribution in [0.4, 0.5) is 18.3 Å². The minimum atomic E-state index is -4.80. The molecule has 2 amide bonds. The molecule has 0 unspecified atom stereocenters. The number of fused-ring (bicyclic) bond motifs is 1. The van der Waals surface area contributed by atoms with Gasteiger partial charge in [0.15, 0.2) is 5.13 Å². The monoisotopic (exact) mass is 416 g/mol. The van der Waals surface area contributed by atoms with Crippen molar-refractivity contribution in [3.05, 3.63) is 18.2 Å². The van der Waals surface area contributed by atoms with Crippen molar-refractivity contribution in [2.75, 3.05) is 18.4 Å². The standard InChI is InChI=1S/C16H15F3N4O4S/c17-16(18,19)27-9-1-2-10-12(6-9)28-15(22-10)23-13(25)7-21-14(26)11-5-8(24)3-4-20-11/h1-2,6,11,20H,3-5,7H2,(H,21,26)(H,22,23,25)/t11-/m1/s1. The van der Waals surface area contributed by atoms with Crippen molar-refractivity contribution in [3.8, 4) is 5.75 Å². The zero-order valence-electron chi connectivity index (χ0n) is 14.3. The van der Waals surface area contributed by atoms with Gasteiger partial charge in [0.05, 0.1) is 22.8 Å². The van der Waals surface area contributed by atoms with E-state index < -0.39 is 24.2 Å². The number of rotatable bonds is 5. The highest BCUT2D eigenvalue weighted by atomic mass is 32.1. The number of benzene rings is 1. The van der Waals surface area contributed by atoms with Crippen LogP contribution in [-0.4, -0.2) is 48.1 Å². The highest BCUT2D eigenvalue weighted by Crippen LogP contribution is 2.31. The summed E-state index contributed by atoms with van der Waals surface area (Å²) in [5.41, 5.74) is 0.392. The Bertz CT molecular complexity index is 915. The number of thiazole rings is 1. The van der Waals surface area contributed by atoms with E-state index in [2.05, 4.69) is 25.7 Å². The molecular weight excluding hydrogens is 401 g/mol. The van der Waals surface area contributed by atoms with E-state index in [0.717, 1.165) is 17.4 Å². The molecular formula is C16H15F3N4O4S. The molecule has 1 aliphatic rings. The first-order valence-corrected chi connectivity index (χ1v) is 9.00. The molecule has 1 aliphatic heterocycles. The van der Waals surface area contributed by atoms with Crippen molar-refractivity contribution in [2.24, 2.45) is 0 Å². The number of piperidine rings is 1. The van der Waals surface area contributed by atoms with Gasteiger partial charge in [-0.3, -0.25) is 14.4 Å². The van der Waals surface area contributed by atoms with Gasteiger partial charge in [0.25, 0.3) is 0 Å². The summed E-state index contributed by atoms with van der Waals surface area (Å²) >= 11 is 0.968. The van der Waals surface area contributed by atoms with Gasteiger partial charge in [0.2, 0.25) is 11.8 Å². The smallest absolute Gasteiger partial charge is 0.406 e. The first-order valence-electron chi connectivity index (χ1n) is 8.18. The summed E-state index contributed by atoms with van der Waals surface area (Å²) in [6.45, 7) is 0.0818. The molecule has 1 aromatic heterocycles. The maximum atomic E-state index is 12.3. The molecule has 150 valence electrons. The molecule has 3 N–H and O–H groups in total. The maximum absolute atomic E-state index is 12.3. The summed E-state index contributed by atoms with van der Waals surface area (Å²) < 4.78 is 41.1. The number of Topliss-reactive ketones (excluding diaryl/α,β-unsaturated/α-hetero) is 1. The van der Waals surface area contributed by atoms with E-state index in [9.17, 15) is 27.6 Å². The second-order valence-electron chi connectivity index (χ2n) is 5.96. The Morgan fingerprint density at radius 2 is 2.14 bits per heavy atom. The Labute approximate surface area is 160 Å². The molecule has 0 aliphatic carbocycles. The number of hydrogen-bond acceptors (Lipinski definition) is 7. The third-order valence-electron chi connectivity index (χ3n) is 3.81. The lowest BCUT2D eigenvalue weighted by atomic mass is 10.0. The van der Waals surface area contributed by atoms with Crippen LogP contribution in [-0.2, 0) is 14.4 Å². The number of halogens is 3. The fourth-order valence-electron chi connectivity index (χ4n) is 2.58. The van der Waals surface area contributed by atoms with Crippen molar-refractivity contribution in [2.45, 2.75) is 25.2 Å². The topological polar surface area (TPSA) is 109 Å². The molecule has 1 aromatic carbocycles. The molecule has 0 spiro atoms. The number of carbonyl (C=O) groups excluding carboxylic acids is 3. The maximum Gasteiger partial charge on any atom is 0.573 e. The lowest BCUT2D eigenvalue weighted by Crippen LogP contribution is -2.50. The Balaban J connectivity index is 1.55. The second kappa shape index (κ2) is 8.10. The van der Waals surface area contributed by atoms with Crippen molar-refractivity contribution in [1.82, 2.24) is 15.6 Å². The van der Waals surface area contributed by atoms with Gasteiger partial charge in [0.1, 0.15) is 11.5 Å². The largest absolute Gasteiger partial charge is 0.573 e. The number of hydrogen-bond donors (Lipinski definition) is 3. The van der Waals surface area contributed by atoms with Crippen LogP contribution < -0.4 is 20.7 Å². The summed E-state index contributed by atoms with van der Waals surface area (Å²) in [6, 6.07) is 2.98. The van der Waals surface area contributed by atoms with Gasteiger partial charge in [-0.2, -0.15) is 0 Å². The van der Waals surface area contributed by atoms with E-state index in [1.807, 2.05) is 0 Å². The Hall–Kier alpha value is -2.73. The van der Waals surface area contributed by atoms with E-state index in [-0.39, 0.29) is 29.6 Å². The van der Waals surface area contributed by atoms with Gasteiger partial charge in [-0.05, 0) is 12.1 Å². The van der Waals surface area contributed by atoms with E-state index in [1.54, 1.807) is 0 Å². The van der Waals surface area contributed by atoms with Crippen LogP contribution in [0.25, 0.3) is 10.2 Å². The average Bonchev–Trinajstić information content (AvgIpc) is 2.99. The lowest BCUT2D eigenvalue weighted by molar-refractivity contribution is -0.274. The fraction of sp³-hybridized carbons (Fsp3) is 0.375. The van der Waals surface area contributed by atoms with E-state index in [4.69, 9.17) is 0 Å². The summed E-state index contributed by atoms with van der Waals surface area (Å²) in [7, 11) is 0. The van der Waals surface area contributed by atoms with Crippen LogP contribution in [0.15, 0.2) is 18.2 Å². The predicted octanol–water partition coefficient (Wildman–Crippen LogP) is 1.57.